The summed E-state index contributed by atoms with van der Waals surface area (Å²) in [6.07, 6.45) is 2.00. The van der Waals surface area contributed by atoms with Gasteiger partial charge < -0.3 is 37.8 Å². The Kier molecular flexibility index (Phi) is 10.5. The van der Waals surface area contributed by atoms with Crippen LogP contribution in [0.15, 0.2) is 35.3 Å². The first-order valence-corrected chi connectivity index (χ1v) is 11.6. The molecule has 0 aromatic heterocycles. The molecule has 1 fully saturated rings. The summed E-state index contributed by atoms with van der Waals surface area (Å²) in [5.74, 6) is -2.66. The van der Waals surface area contributed by atoms with E-state index in [4.69, 9.17) is 22.3 Å². The van der Waals surface area contributed by atoms with Crippen LogP contribution in [0.1, 0.15) is 38.2 Å². The highest BCUT2D eigenvalue weighted by molar-refractivity contribution is 5.94. The number of nitrogens with two attached hydrogens (primary N) is 3. The van der Waals surface area contributed by atoms with Gasteiger partial charge in [0.2, 0.25) is 17.7 Å². The summed E-state index contributed by atoms with van der Waals surface area (Å²) in [7, 11) is 0. The predicted octanol–water partition coefficient (Wildman–Crippen LogP) is -1.32. The van der Waals surface area contributed by atoms with Crippen LogP contribution >= 0.6 is 0 Å². The molecule has 1 heterocycles. The van der Waals surface area contributed by atoms with Crippen LogP contribution in [0.3, 0.4) is 0 Å². The maximum atomic E-state index is 13.5. The van der Waals surface area contributed by atoms with Crippen molar-refractivity contribution in [2.24, 2.45) is 22.2 Å². The maximum absolute atomic E-state index is 13.5. The summed E-state index contributed by atoms with van der Waals surface area (Å²) in [5, 5.41) is 14.2. The van der Waals surface area contributed by atoms with Crippen LogP contribution in [0.4, 0.5) is 0 Å². The van der Waals surface area contributed by atoms with Crippen molar-refractivity contribution in [3.63, 3.8) is 0 Å². The SMILES string of the molecule is CC(NC(=O)C1CCCN1C(=O)C(Cc1ccccc1)NC(=O)C(N)CCCN=C(N)N)C(=O)O. The van der Waals surface area contributed by atoms with Crippen LogP contribution in [0.2, 0.25) is 0 Å². The lowest BCUT2D eigenvalue weighted by atomic mass is 10.0. The zero-order valence-electron chi connectivity index (χ0n) is 19.9. The standard InChI is InChI=1S/C23H35N7O5/c1-14(22(34)35)28-20(32)18-10-6-12-30(18)21(33)17(13-15-7-3-2-4-8-15)29-19(31)16(24)9-5-11-27-23(25)26/h2-4,7-8,14,16-18H,5-6,9-13,24H2,1H3,(H,28,32)(H,29,31)(H,34,35)(H4,25,26,27). The van der Waals surface area contributed by atoms with Crippen LogP contribution in [0, 0.1) is 0 Å². The van der Waals surface area contributed by atoms with Crippen molar-refractivity contribution in [3.05, 3.63) is 35.9 Å². The number of nitrogens with one attached hydrogen (secondary N) is 2. The number of carbonyl (C=O) groups excluding carboxylic acids is 3. The number of likely N-dealkylation sites (tertiary alicyclic amines) is 1. The van der Waals surface area contributed by atoms with E-state index in [1.807, 2.05) is 30.3 Å². The fourth-order valence-corrected chi connectivity index (χ4v) is 3.85. The lowest BCUT2D eigenvalue weighted by molar-refractivity contribution is -0.144. The molecule has 12 heteroatoms. The van der Waals surface area contributed by atoms with Gasteiger partial charge in [-0.25, -0.2) is 0 Å². The second-order valence-electron chi connectivity index (χ2n) is 8.56. The zero-order chi connectivity index (χ0) is 26.0. The van der Waals surface area contributed by atoms with E-state index in [2.05, 4.69) is 15.6 Å². The number of carboxylic acids is 1. The molecule has 0 saturated carbocycles. The minimum Gasteiger partial charge on any atom is -0.480 e. The van der Waals surface area contributed by atoms with E-state index in [0.717, 1.165) is 5.56 Å². The molecule has 3 amide bonds. The van der Waals surface area contributed by atoms with Gasteiger partial charge in [-0.15, -0.1) is 0 Å². The lowest BCUT2D eigenvalue weighted by Crippen LogP contribution is -2.57. The Morgan fingerprint density at radius 3 is 2.49 bits per heavy atom. The monoisotopic (exact) mass is 489 g/mol. The van der Waals surface area contributed by atoms with Crippen molar-refractivity contribution in [3.8, 4) is 0 Å². The van der Waals surface area contributed by atoms with E-state index in [0.29, 0.717) is 38.8 Å². The van der Waals surface area contributed by atoms with Crippen LogP contribution in [0.25, 0.3) is 0 Å². The highest BCUT2D eigenvalue weighted by Gasteiger charge is 2.38. The van der Waals surface area contributed by atoms with Crippen molar-refractivity contribution in [1.29, 1.82) is 0 Å². The highest BCUT2D eigenvalue weighted by Crippen LogP contribution is 2.20. The summed E-state index contributed by atoms with van der Waals surface area (Å²) in [6, 6.07) is 5.46. The molecule has 0 bridgehead atoms. The van der Waals surface area contributed by atoms with Crippen molar-refractivity contribution >= 4 is 29.7 Å². The Hall–Kier alpha value is -3.67. The van der Waals surface area contributed by atoms with E-state index < -0.39 is 47.9 Å². The summed E-state index contributed by atoms with van der Waals surface area (Å²) in [5.41, 5.74) is 17.4. The summed E-state index contributed by atoms with van der Waals surface area (Å²) in [6.45, 7) is 2.01. The van der Waals surface area contributed by atoms with Crippen molar-refractivity contribution < 1.29 is 24.3 Å². The largest absolute Gasteiger partial charge is 0.480 e. The van der Waals surface area contributed by atoms with Crippen LogP contribution < -0.4 is 27.8 Å². The van der Waals surface area contributed by atoms with Gasteiger partial charge in [0.15, 0.2) is 5.96 Å². The topological polar surface area (TPSA) is 206 Å². The molecular weight excluding hydrogens is 454 g/mol. The Morgan fingerprint density at radius 2 is 1.86 bits per heavy atom. The van der Waals surface area contributed by atoms with Crippen molar-refractivity contribution in [1.82, 2.24) is 15.5 Å². The molecule has 1 aromatic rings. The molecule has 192 valence electrons. The van der Waals surface area contributed by atoms with Gasteiger partial charge in [0.25, 0.3) is 0 Å². The number of amides is 3. The molecule has 4 atom stereocenters. The van der Waals surface area contributed by atoms with Gasteiger partial charge in [0.1, 0.15) is 18.1 Å². The minimum atomic E-state index is -1.17. The number of benzene rings is 1. The molecule has 1 aliphatic rings. The third-order valence-corrected chi connectivity index (χ3v) is 5.77. The molecule has 1 aromatic carbocycles. The van der Waals surface area contributed by atoms with E-state index in [-0.39, 0.29) is 12.4 Å². The summed E-state index contributed by atoms with van der Waals surface area (Å²) >= 11 is 0. The van der Waals surface area contributed by atoms with Gasteiger partial charge in [-0.05, 0) is 38.2 Å². The van der Waals surface area contributed by atoms with Crippen LogP contribution in [-0.2, 0) is 25.6 Å². The van der Waals surface area contributed by atoms with Gasteiger partial charge in [0.05, 0.1) is 6.04 Å². The number of carbonyl (C=O) groups is 4. The van der Waals surface area contributed by atoms with E-state index >= 15 is 0 Å². The maximum Gasteiger partial charge on any atom is 0.325 e. The van der Waals surface area contributed by atoms with Gasteiger partial charge in [0, 0.05) is 19.5 Å². The number of rotatable bonds is 12. The van der Waals surface area contributed by atoms with E-state index in [1.165, 1.54) is 11.8 Å². The van der Waals surface area contributed by atoms with Crippen molar-refractivity contribution in [2.75, 3.05) is 13.1 Å². The van der Waals surface area contributed by atoms with E-state index in [1.54, 1.807) is 0 Å². The van der Waals surface area contributed by atoms with E-state index in [9.17, 15) is 19.2 Å². The number of carboxylic acid groups (broad SMARTS) is 1. The first-order valence-electron chi connectivity index (χ1n) is 11.6. The molecule has 1 aliphatic heterocycles. The molecule has 9 N–H and O–H groups in total. The van der Waals surface area contributed by atoms with Crippen LogP contribution in [-0.4, -0.2) is 76.9 Å². The molecule has 0 radical (unpaired) electrons. The van der Waals surface area contributed by atoms with Gasteiger partial charge >= 0.3 is 5.97 Å². The Bertz CT molecular complexity index is 920. The third-order valence-electron chi connectivity index (χ3n) is 5.77. The number of aliphatic carboxylic acids is 1. The van der Waals surface area contributed by atoms with Crippen LogP contribution in [0.5, 0.6) is 0 Å². The molecule has 1 saturated heterocycles. The van der Waals surface area contributed by atoms with Crippen molar-refractivity contribution in [2.45, 2.75) is 63.2 Å². The Labute approximate surface area is 204 Å². The van der Waals surface area contributed by atoms with Gasteiger partial charge in [-0.2, -0.15) is 0 Å². The van der Waals surface area contributed by atoms with Gasteiger partial charge in [-0.3, -0.25) is 24.2 Å². The summed E-state index contributed by atoms with van der Waals surface area (Å²) in [4.78, 5) is 55.4. The number of nitrogens with zero attached hydrogens (tertiary/aromatic N) is 2. The zero-order valence-corrected chi connectivity index (χ0v) is 19.9. The smallest absolute Gasteiger partial charge is 0.325 e. The molecule has 35 heavy (non-hydrogen) atoms. The molecule has 2 rings (SSSR count). The average molecular weight is 490 g/mol. The molecular formula is C23H35N7O5. The third kappa shape index (κ3) is 8.56. The fourth-order valence-electron chi connectivity index (χ4n) is 3.85. The number of aliphatic imine (C=N–C) groups is 1. The highest BCUT2D eigenvalue weighted by atomic mass is 16.4. The average Bonchev–Trinajstić information content (AvgIpc) is 3.31. The number of guanidine groups is 1. The predicted molar refractivity (Wildman–Crippen MR) is 130 cm³/mol. The minimum absolute atomic E-state index is 0.0431. The Balaban J connectivity index is 2.13. The normalized spacial score (nSPS) is 17.7. The molecule has 12 nitrogen and oxygen atoms in total. The first kappa shape index (κ1) is 27.6. The second kappa shape index (κ2) is 13.3. The van der Waals surface area contributed by atoms with Gasteiger partial charge in [-0.1, -0.05) is 30.3 Å². The molecule has 0 aliphatic carbocycles. The number of hydrogen-bond donors (Lipinski definition) is 6. The quantitative estimate of drug-likeness (QED) is 0.118. The lowest BCUT2D eigenvalue weighted by Gasteiger charge is -2.29. The number of hydrogen-bond acceptors (Lipinski definition) is 6. The Morgan fingerprint density at radius 1 is 1.17 bits per heavy atom. The molecule has 0 spiro atoms. The first-order chi connectivity index (χ1) is 16.6. The fraction of sp³-hybridized carbons (Fsp3) is 0.522. The molecule has 4 unspecified atom stereocenters. The second-order valence-corrected chi connectivity index (χ2v) is 8.56. The summed E-state index contributed by atoms with van der Waals surface area (Å²) < 4.78 is 0.